The summed E-state index contributed by atoms with van der Waals surface area (Å²) in [4.78, 5) is 11.8. The second-order valence-corrected chi connectivity index (χ2v) is 5.07. The summed E-state index contributed by atoms with van der Waals surface area (Å²) in [5, 5.41) is 12.6. The first kappa shape index (κ1) is 13.9. The van der Waals surface area contributed by atoms with Gasteiger partial charge in [0.25, 0.3) is 5.91 Å². The van der Waals surface area contributed by atoms with Crippen LogP contribution in [-0.2, 0) is 0 Å². The summed E-state index contributed by atoms with van der Waals surface area (Å²) in [5.41, 5.74) is 5.66. The highest BCUT2D eigenvalue weighted by Gasteiger charge is 2.21. The molecule has 0 aromatic heterocycles. The molecule has 0 fully saturated rings. The SMILES string of the molecule is CSCC(C)(O)CNC(=O)c1ccccc1N. The summed E-state index contributed by atoms with van der Waals surface area (Å²) in [6, 6.07) is 6.87. The summed E-state index contributed by atoms with van der Waals surface area (Å²) in [7, 11) is 0. The molecule has 0 aliphatic heterocycles. The first-order valence-electron chi connectivity index (χ1n) is 5.30. The third-order valence-electron chi connectivity index (χ3n) is 2.29. The molecule has 1 aromatic rings. The Kier molecular flexibility index (Phi) is 4.84. The molecule has 0 radical (unpaired) electrons. The van der Waals surface area contributed by atoms with Crippen LogP contribution >= 0.6 is 11.8 Å². The van der Waals surface area contributed by atoms with Crippen LogP contribution in [0.2, 0.25) is 0 Å². The fourth-order valence-electron chi connectivity index (χ4n) is 1.43. The van der Waals surface area contributed by atoms with E-state index in [4.69, 9.17) is 5.73 Å². The number of hydrogen-bond donors (Lipinski definition) is 3. The van der Waals surface area contributed by atoms with Crippen LogP contribution in [0.15, 0.2) is 24.3 Å². The largest absolute Gasteiger partial charge is 0.398 e. The number of nitrogens with two attached hydrogens (primary N) is 1. The van der Waals surface area contributed by atoms with Gasteiger partial charge in [0.05, 0.1) is 11.2 Å². The lowest BCUT2D eigenvalue weighted by molar-refractivity contribution is 0.0725. The maximum atomic E-state index is 11.8. The number of aliphatic hydroxyl groups is 1. The van der Waals surface area contributed by atoms with Gasteiger partial charge in [-0.15, -0.1) is 0 Å². The third kappa shape index (κ3) is 4.28. The average molecular weight is 254 g/mol. The van der Waals surface area contributed by atoms with E-state index in [1.54, 1.807) is 31.2 Å². The Labute approximate surface area is 106 Å². The molecule has 0 aliphatic rings. The molecule has 4 nitrogen and oxygen atoms in total. The van der Waals surface area contributed by atoms with Gasteiger partial charge in [0.2, 0.25) is 0 Å². The summed E-state index contributed by atoms with van der Waals surface area (Å²) in [5.74, 6) is 0.307. The normalized spacial score (nSPS) is 14.1. The average Bonchev–Trinajstić information content (AvgIpc) is 2.27. The van der Waals surface area contributed by atoms with Crippen molar-refractivity contribution in [1.82, 2.24) is 5.32 Å². The smallest absolute Gasteiger partial charge is 0.253 e. The second-order valence-electron chi connectivity index (χ2n) is 4.20. The van der Waals surface area contributed by atoms with E-state index >= 15 is 0 Å². The van der Waals surface area contributed by atoms with Crippen molar-refractivity contribution in [2.45, 2.75) is 12.5 Å². The van der Waals surface area contributed by atoms with Gasteiger partial charge < -0.3 is 16.2 Å². The van der Waals surface area contributed by atoms with Gasteiger partial charge >= 0.3 is 0 Å². The lowest BCUT2D eigenvalue weighted by atomic mass is 10.1. The Bertz CT molecular complexity index is 394. The van der Waals surface area contributed by atoms with Gasteiger partial charge in [-0.3, -0.25) is 4.79 Å². The molecule has 17 heavy (non-hydrogen) atoms. The molecule has 1 aromatic carbocycles. The minimum absolute atomic E-state index is 0.209. The first-order valence-corrected chi connectivity index (χ1v) is 6.70. The van der Waals surface area contributed by atoms with Crippen LogP contribution in [0.25, 0.3) is 0 Å². The topological polar surface area (TPSA) is 75.3 Å². The van der Waals surface area contributed by atoms with Crippen LogP contribution in [0.3, 0.4) is 0 Å². The van der Waals surface area contributed by atoms with Gasteiger partial charge in [-0.05, 0) is 25.3 Å². The molecule has 0 heterocycles. The predicted octanol–water partition coefficient (Wildman–Crippen LogP) is 1.11. The van der Waals surface area contributed by atoms with Gasteiger partial charge in [0.15, 0.2) is 0 Å². The van der Waals surface area contributed by atoms with Crippen molar-refractivity contribution in [2.24, 2.45) is 0 Å². The molecule has 1 atom stereocenters. The summed E-state index contributed by atoms with van der Waals surface area (Å²) in [6.45, 7) is 1.90. The van der Waals surface area contributed by atoms with Crippen molar-refractivity contribution in [2.75, 3.05) is 24.3 Å². The zero-order valence-electron chi connectivity index (χ0n) is 10.1. The van der Waals surface area contributed by atoms with Crippen LogP contribution in [0.5, 0.6) is 0 Å². The van der Waals surface area contributed by atoms with Gasteiger partial charge in [0, 0.05) is 18.0 Å². The Morgan fingerprint density at radius 3 is 2.76 bits per heavy atom. The van der Waals surface area contributed by atoms with Gasteiger partial charge in [0.1, 0.15) is 0 Å². The number of nitrogens with one attached hydrogen (secondary N) is 1. The Morgan fingerprint density at radius 2 is 2.18 bits per heavy atom. The van der Waals surface area contributed by atoms with Gasteiger partial charge in [-0.1, -0.05) is 12.1 Å². The van der Waals surface area contributed by atoms with E-state index in [9.17, 15) is 9.90 Å². The number of nitrogen functional groups attached to an aromatic ring is 1. The molecular weight excluding hydrogens is 236 g/mol. The Balaban J connectivity index is 2.59. The Hall–Kier alpha value is -1.20. The van der Waals surface area contributed by atoms with Gasteiger partial charge in [-0.25, -0.2) is 0 Å². The molecule has 94 valence electrons. The zero-order valence-corrected chi connectivity index (χ0v) is 10.9. The number of anilines is 1. The second kappa shape index (κ2) is 5.93. The number of thioether (sulfide) groups is 1. The molecule has 1 rings (SSSR count). The van der Waals surface area contributed by atoms with Crippen LogP contribution in [0.4, 0.5) is 5.69 Å². The predicted molar refractivity (Wildman–Crippen MR) is 72.2 cm³/mol. The van der Waals surface area contributed by atoms with E-state index < -0.39 is 5.60 Å². The van der Waals surface area contributed by atoms with Crippen molar-refractivity contribution in [3.8, 4) is 0 Å². The highest BCUT2D eigenvalue weighted by molar-refractivity contribution is 7.98. The van der Waals surface area contributed by atoms with Crippen LogP contribution in [0.1, 0.15) is 17.3 Å². The molecule has 1 unspecified atom stereocenters. The lowest BCUT2D eigenvalue weighted by Crippen LogP contribution is -2.42. The molecule has 0 saturated heterocycles. The Morgan fingerprint density at radius 1 is 1.53 bits per heavy atom. The van der Waals surface area contributed by atoms with E-state index in [0.29, 0.717) is 17.0 Å². The molecule has 0 aliphatic carbocycles. The van der Waals surface area contributed by atoms with Crippen molar-refractivity contribution in [3.05, 3.63) is 29.8 Å². The number of benzene rings is 1. The van der Waals surface area contributed by atoms with Crippen molar-refractivity contribution in [1.29, 1.82) is 0 Å². The monoisotopic (exact) mass is 254 g/mol. The maximum Gasteiger partial charge on any atom is 0.253 e. The molecular formula is C12H18N2O2S. The first-order chi connectivity index (χ1) is 7.96. The highest BCUT2D eigenvalue weighted by atomic mass is 32.2. The number of amides is 1. The number of rotatable bonds is 5. The zero-order chi connectivity index (χ0) is 12.9. The van der Waals surface area contributed by atoms with Crippen molar-refractivity contribution >= 4 is 23.4 Å². The summed E-state index contributed by atoms with van der Waals surface area (Å²) < 4.78 is 0. The van der Waals surface area contributed by atoms with Crippen LogP contribution < -0.4 is 11.1 Å². The molecule has 0 bridgehead atoms. The number of para-hydroxylation sites is 1. The standard InChI is InChI=1S/C12H18N2O2S/c1-12(16,8-17-2)7-14-11(15)9-5-3-4-6-10(9)13/h3-6,16H,7-8,13H2,1-2H3,(H,14,15). The van der Waals surface area contributed by atoms with Crippen molar-refractivity contribution in [3.63, 3.8) is 0 Å². The third-order valence-corrected chi connectivity index (χ3v) is 3.20. The minimum Gasteiger partial charge on any atom is -0.398 e. The van der Waals surface area contributed by atoms with E-state index in [1.165, 1.54) is 11.8 Å². The molecule has 0 spiro atoms. The highest BCUT2D eigenvalue weighted by Crippen LogP contribution is 2.12. The quantitative estimate of drug-likeness (QED) is 0.688. The molecule has 5 heteroatoms. The van der Waals surface area contributed by atoms with Crippen LogP contribution in [0, 0.1) is 0 Å². The van der Waals surface area contributed by atoms with E-state index in [2.05, 4.69) is 5.32 Å². The minimum atomic E-state index is -0.904. The molecule has 0 saturated carbocycles. The summed E-state index contributed by atoms with van der Waals surface area (Å²) >= 11 is 1.53. The molecule has 4 N–H and O–H groups in total. The summed E-state index contributed by atoms with van der Waals surface area (Å²) in [6.07, 6.45) is 1.91. The molecule has 1 amide bonds. The fraction of sp³-hybridized carbons (Fsp3) is 0.417. The van der Waals surface area contributed by atoms with Gasteiger partial charge in [-0.2, -0.15) is 11.8 Å². The van der Waals surface area contributed by atoms with E-state index in [-0.39, 0.29) is 12.5 Å². The van der Waals surface area contributed by atoms with Crippen LogP contribution in [-0.4, -0.2) is 35.2 Å². The maximum absolute atomic E-state index is 11.8. The number of carbonyl (C=O) groups excluding carboxylic acids is 1. The van der Waals surface area contributed by atoms with E-state index in [0.717, 1.165) is 0 Å². The van der Waals surface area contributed by atoms with Crippen molar-refractivity contribution < 1.29 is 9.90 Å². The number of hydrogen-bond acceptors (Lipinski definition) is 4. The lowest BCUT2D eigenvalue weighted by Gasteiger charge is -2.22. The number of carbonyl (C=O) groups is 1. The fourth-order valence-corrected chi connectivity index (χ4v) is 2.16. The van der Waals surface area contributed by atoms with E-state index in [1.807, 2.05) is 6.26 Å².